The lowest BCUT2D eigenvalue weighted by Crippen LogP contribution is -2.34. The lowest BCUT2D eigenvalue weighted by molar-refractivity contribution is 0.0976. The highest BCUT2D eigenvalue weighted by Crippen LogP contribution is 2.15. The largest absolute Gasteiger partial charge is 0.332 e. The second kappa shape index (κ2) is 9.80. The van der Waals surface area contributed by atoms with E-state index in [9.17, 15) is 9.59 Å². The van der Waals surface area contributed by atoms with Crippen LogP contribution in [0.4, 0.5) is 11.4 Å². The fraction of sp³-hybridized carbons (Fsp3) is 0.125. The van der Waals surface area contributed by atoms with E-state index in [0.29, 0.717) is 22.5 Å². The Morgan fingerprint density at radius 1 is 0.800 bits per heavy atom. The Morgan fingerprint density at radius 2 is 1.43 bits per heavy atom. The number of carbonyl (C=O) groups is 2. The summed E-state index contributed by atoms with van der Waals surface area (Å²) < 4.78 is 0. The Labute approximate surface area is 181 Å². The van der Waals surface area contributed by atoms with Crippen LogP contribution in [0.1, 0.15) is 38.8 Å². The number of carbonyl (C=O) groups excluding carboxylic acids is 2. The number of anilines is 2. The third-order valence-corrected chi connectivity index (χ3v) is 4.74. The molecule has 3 N–H and O–H groups in total. The van der Waals surface area contributed by atoms with Crippen molar-refractivity contribution in [3.63, 3.8) is 0 Å². The highest BCUT2D eigenvalue weighted by atomic mass is 32.1. The Bertz CT molecular complexity index is 1060. The van der Waals surface area contributed by atoms with Gasteiger partial charge in [-0.05, 0) is 79.7 Å². The standard InChI is InChI=1S/C24H23N3O2S/c1-3-17-7-9-18(10-8-17)22(28)27-24(30)26-21-13-11-20(12-14-21)25-23(29)19-6-4-5-16(2)15-19/h4-15H,3H2,1-2H3,(H,25,29)(H2,26,27,28,30). The van der Waals surface area contributed by atoms with E-state index in [1.54, 1.807) is 42.5 Å². The van der Waals surface area contributed by atoms with Crippen molar-refractivity contribution in [2.24, 2.45) is 0 Å². The van der Waals surface area contributed by atoms with E-state index < -0.39 is 0 Å². The third kappa shape index (κ3) is 5.75. The molecule has 0 spiro atoms. The normalized spacial score (nSPS) is 10.2. The van der Waals surface area contributed by atoms with Crippen LogP contribution in [-0.4, -0.2) is 16.9 Å². The van der Waals surface area contributed by atoms with Crippen molar-refractivity contribution in [2.45, 2.75) is 20.3 Å². The molecule has 6 heteroatoms. The van der Waals surface area contributed by atoms with E-state index in [2.05, 4.69) is 22.9 Å². The molecule has 0 saturated carbocycles. The van der Waals surface area contributed by atoms with Crippen LogP contribution < -0.4 is 16.0 Å². The van der Waals surface area contributed by atoms with Gasteiger partial charge in [0.15, 0.2) is 5.11 Å². The number of amides is 2. The first-order valence-electron chi connectivity index (χ1n) is 9.64. The Kier molecular flexibility index (Phi) is 6.93. The molecule has 0 bridgehead atoms. The van der Waals surface area contributed by atoms with E-state index in [1.807, 2.05) is 37.3 Å². The van der Waals surface area contributed by atoms with Crippen molar-refractivity contribution in [3.8, 4) is 0 Å². The van der Waals surface area contributed by atoms with Gasteiger partial charge >= 0.3 is 0 Å². The number of nitrogens with one attached hydrogen (secondary N) is 3. The van der Waals surface area contributed by atoms with Crippen LogP contribution in [0.15, 0.2) is 72.8 Å². The van der Waals surface area contributed by atoms with Crippen LogP contribution in [0.5, 0.6) is 0 Å². The van der Waals surface area contributed by atoms with Gasteiger partial charge in [-0.1, -0.05) is 36.8 Å². The predicted octanol–water partition coefficient (Wildman–Crippen LogP) is 4.94. The molecular weight excluding hydrogens is 394 g/mol. The SMILES string of the molecule is CCc1ccc(C(=O)NC(=S)Nc2ccc(NC(=O)c3cccc(C)c3)cc2)cc1. The summed E-state index contributed by atoms with van der Waals surface area (Å²) in [6, 6.07) is 21.9. The molecule has 0 unspecified atom stereocenters. The molecule has 0 fully saturated rings. The molecule has 0 aromatic heterocycles. The van der Waals surface area contributed by atoms with Crippen molar-refractivity contribution < 1.29 is 9.59 Å². The molecule has 0 aliphatic rings. The third-order valence-electron chi connectivity index (χ3n) is 4.53. The molecule has 3 aromatic carbocycles. The summed E-state index contributed by atoms with van der Waals surface area (Å²) in [6.07, 6.45) is 0.920. The van der Waals surface area contributed by atoms with Crippen LogP contribution >= 0.6 is 12.2 Å². The van der Waals surface area contributed by atoms with Gasteiger partial charge in [-0.2, -0.15) is 0 Å². The van der Waals surface area contributed by atoms with Crippen molar-refractivity contribution in [1.29, 1.82) is 0 Å². The number of hydrogen-bond acceptors (Lipinski definition) is 3. The first-order chi connectivity index (χ1) is 14.4. The summed E-state index contributed by atoms with van der Waals surface area (Å²) in [5.74, 6) is -0.437. The first-order valence-corrected chi connectivity index (χ1v) is 10.0. The minimum Gasteiger partial charge on any atom is -0.332 e. The van der Waals surface area contributed by atoms with E-state index in [-0.39, 0.29) is 16.9 Å². The maximum atomic E-state index is 12.3. The number of rotatable bonds is 5. The van der Waals surface area contributed by atoms with Gasteiger partial charge in [0, 0.05) is 22.5 Å². The summed E-state index contributed by atoms with van der Waals surface area (Å²) in [4.78, 5) is 24.6. The van der Waals surface area contributed by atoms with E-state index in [4.69, 9.17) is 12.2 Å². The minimum absolute atomic E-state index is 0.170. The monoisotopic (exact) mass is 417 g/mol. The second-order valence-corrected chi connectivity index (χ2v) is 7.27. The highest BCUT2D eigenvalue weighted by Gasteiger charge is 2.09. The van der Waals surface area contributed by atoms with Crippen molar-refractivity contribution in [3.05, 3.63) is 95.1 Å². The lowest BCUT2D eigenvalue weighted by atomic mass is 10.1. The Hall–Kier alpha value is -3.51. The average molecular weight is 418 g/mol. The Balaban J connectivity index is 1.55. The average Bonchev–Trinajstić information content (AvgIpc) is 2.75. The van der Waals surface area contributed by atoms with E-state index >= 15 is 0 Å². The number of benzene rings is 3. The summed E-state index contributed by atoms with van der Waals surface area (Å²) in [6.45, 7) is 4.01. The topological polar surface area (TPSA) is 70.2 Å². The van der Waals surface area contributed by atoms with Crippen molar-refractivity contribution >= 4 is 40.5 Å². The van der Waals surface area contributed by atoms with E-state index in [1.165, 1.54) is 5.56 Å². The molecule has 30 heavy (non-hydrogen) atoms. The predicted molar refractivity (Wildman–Crippen MR) is 125 cm³/mol. The maximum Gasteiger partial charge on any atom is 0.257 e. The summed E-state index contributed by atoms with van der Waals surface area (Å²) in [5.41, 5.74) is 4.72. The zero-order valence-electron chi connectivity index (χ0n) is 16.9. The van der Waals surface area contributed by atoms with Crippen LogP contribution in [0.25, 0.3) is 0 Å². The summed E-state index contributed by atoms with van der Waals surface area (Å²) in [7, 11) is 0. The van der Waals surface area contributed by atoms with Crippen LogP contribution in [0.2, 0.25) is 0 Å². The molecule has 0 aliphatic heterocycles. The van der Waals surface area contributed by atoms with Gasteiger partial charge < -0.3 is 10.6 Å². The van der Waals surface area contributed by atoms with Gasteiger partial charge in [-0.25, -0.2) is 0 Å². The molecule has 3 rings (SSSR count). The molecule has 0 atom stereocenters. The zero-order valence-corrected chi connectivity index (χ0v) is 17.7. The quantitative estimate of drug-likeness (QED) is 0.515. The Morgan fingerprint density at radius 3 is 2.03 bits per heavy atom. The highest BCUT2D eigenvalue weighted by molar-refractivity contribution is 7.80. The number of thiocarbonyl (C=S) groups is 1. The molecule has 3 aromatic rings. The first kappa shape index (κ1) is 21.2. The van der Waals surface area contributed by atoms with Crippen LogP contribution in [-0.2, 0) is 6.42 Å². The minimum atomic E-state index is -0.266. The van der Waals surface area contributed by atoms with Crippen LogP contribution in [0.3, 0.4) is 0 Å². The summed E-state index contributed by atoms with van der Waals surface area (Å²) >= 11 is 5.23. The van der Waals surface area contributed by atoms with Gasteiger partial charge in [-0.3, -0.25) is 14.9 Å². The fourth-order valence-electron chi connectivity index (χ4n) is 2.86. The molecule has 0 heterocycles. The van der Waals surface area contributed by atoms with Gasteiger partial charge in [0.05, 0.1) is 0 Å². The molecular formula is C24H23N3O2S. The second-order valence-electron chi connectivity index (χ2n) is 6.86. The summed E-state index contributed by atoms with van der Waals surface area (Å²) in [5, 5.41) is 8.70. The zero-order chi connectivity index (χ0) is 21.5. The number of hydrogen-bond donors (Lipinski definition) is 3. The molecule has 0 aliphatic carbocycles. The van der Waals surface area contributed by atoms with E-state index in [0.717, 1.165) is 12.0 Å². The maximum absolute atomic E-state index is 12.3. The van der Waals surface area contributed by atoms with Crippen molar-refractivity contribution in [2.75, 3.05) is 10.6 Å². The molecule has 0 radical (unpaired) electrons. The fourth-order valence-corrected chi connectivity index (χ4v) is 3.07. The molecule has 2 amide bonds. The number of aryl methyl sites for hydroxylation is 2. The molecule has 152 valence electrons. The molecule has 0 saturated heterocycles. The van der Waals surface area contributed by atoms with Gasteiger partial charge in [0.1, 0.15) is 0 Å². The van der Waals surface area contributed by atoms with Gasteiger partial charge in [-0.15, -0.1) is 0 Å². The smallest absolute Gasteiger partial charge is 0.257 e. The van der Waals surface area contributed by atoms with Gasteiger partial charge in [0.2, 0.25) is 0 Å². The van der Waals surface area contributed by atoms with Crippen molar-refractivity contribution in [1.82, 2.24) is 5.32 Å². The lowest BCUT2D eigenvalue weighted by Gasteiger charge is -2.11. The molecule has 5 nitrogen and oxygen atoms in total. The van der Waals surface area contributed by atoms with Crippen LogP contribution in [0, 0.1) is 6.92 Å². The van der Waals surface area contributed by atoms with Gasteiger partial charge in [0.25, 0.3) is 11.8 Å².